The molecular formula is C22H19N3O4S. The molecule has 3 atom stereocenters. The molecule has 2 N–H and O–H groups in total. The topological polar surface area (TPSA) is 87.7 Å². The van der Waals surface area contributed by atoms with E-state index in [-0.39, 0.29) is 17.5 Å². The Labute approximate surface area is 178 Å². The molecule has 3 heterocycles. The van der Waals surface area contributed by atoms with Crippen molar-refractivity contribution >= 4 is 46.4 Å². The van der Waals surface area contributed by atoms with E-state index < -0.39 is 28.7 Å². The largest absolute Gasteiger partial charge is 0.466 e. The fourth-order valence-corrected chi connectivity index (χ4v) is 5.65. The van der Waals surface area contributed by atoms with Crippen molar-refractivity contribution in [2.75, 3.05) is 23.9 Å². The molecule has 30 heavy (non-hydrogen) atoms. The zero-order valence-electron chi connectivity index (χ0n) is 16.4. The summed E-state index contributed by atoms with van der Waals surface area (Å²) in [6, 6.07) is 14.3. The first-order valence-corrected chi connectivity index (χ1v) is 10.1. The normalized spacial score (nSPS) is 28.5. The van der Waals surface area contributed by atoms with Crippen molar-refractivity contribution in [2.45, 2.75) is 17.9 Å². The van der Waals surface area contributed by atoms with Crippen LogP contribution >= 0.6 is 12.2 Å². The Morgan fingerprint density at radius 2 is 1.80 bits per heavy atom. The average Bonchev–Trinajstić information content (AvgIpc) is 3.27. The summed E-state index contributed by atoms with van der Waals surface area (Å²) in [6.45, 7) is 1.81. The average molecular weight is 421 g/mol. The predicted octanol–water partition coefficient (Wildman–Crippen LogP) is 1.86. The second-order valence-electron chi connectivity index (χ2n) is 7.64. The van der Waals surface area contributed by atoms with Gasteiger partial charge < -0.3 is 20.3 Å². The maximum atomic E-state index is 13.7. The van der Waals surface area contributed by atoms with Crippen molar-refractivity contribution in [2.24, 2.45) is 5.92 Å². The lowest BCUT2D eigenvalue weighted by Crippen LogP contribution is -2.56. The molecule has 8 heteroatoms. The lowest BCUT2D eigenvalue weighted by Gasteiger charge is -2.33. The Bertz CT molecular complexity index is 1150. The van der Waals surface area contributed by atoms with E-state index in [1.807, 2.05) is 12.1 Å². The van der Waals surface area contributed by atoms with Gasteiger partial charge in [0.1, 0.15) is 11.3 Å². The van der Waals surface area contributed by atoms with Crippen LogP contribution in [0.1, 0.15) is 18.1 Å². The summed E-state index contributed by atoms with van der Waals surface area (Å²) in [4.78, 5) is 42.2. The van der Waals surface area contributed by atoms with Crippen LogP contribution in [0.3, 0.4) is 0 Å². The molecule has 0 radical (unpaired) electrons. The number of amides is 2. The molecule has 2 aromatic carbocycles. The highest BCUT2D eigenvalue weighted by molar-refractivity contribution is 7.80. The van der Waals surface area contributed by atoms with E-state index >= 15 is 0 Å². The van der Waals surface area contributed by atoms with E-state index in [1.165, 1.54) is 4.90 Å². The summed E-state index contributed by atoms with van der Waals surface area (Å²) in [5.41, 5.74) is -0.648. The van der Waals surface area contributed by atoms with Gasteiger partial charge in [0.05, 0.1) is 11.6 Å². The molecule has 152 valence electrons. The number of carbonyl (C=O) groups excluding carboxylic acids is 3. The number of anilines is 2. The van der Waals surface area contributed by atoms with Crippen molar-refractivity contribution < 1.29 is 19.1 Å². The lowest BCUT2D eigenvalue weighted by molar-refractivity contribution is -0.156. The molecule has 1 saturated heterocycles. The van der Waals surface area contributed by atoms with Gasteiger partial charge in [-0.1, -0.05) is 48.6 Å². The SMILES string of the molecule is CCOC(=O)[C@H]1[C@]2(C(=O)Nc3ccccc32)C(=S)N[C@]12C(=O)N(C)c1ccccc12. The van der Waals surface area contributed by atoms with Crippen LogP contribution in [0.5, 0.6) is 0 Å². The van der Waals surface area contributed by atoms with E-state index in [0.717, 1.165) is 0 Å². The summed E-state index contributed by atoms with van der Waals surface area (Å²) >= 11 is 5.70. The van der Waals surface area contributed by atoms with Crippen LogP contribution in [0.25, 0.3) is 0 Å². The molecule has 0 aromatic heterocycles. The van der Waals surface area contributed by atoms with Crippen molar-refractivity contribution in [3.05, 3.63) is 59.7 Å². The summed E-state index contributed by atoms with van der Waals surface area (Å²) in [5, 5.41) is 5.98. The summed E-state index contributed by atoms with van der Waals surface area (Å²) in [5.74, 6) is -2.62. The van der Waals surface area contributed by atoms with Crippen LogP contribution in [0, 0.1) is 5.92 Å². The predicted molar refractivity (Wildman–Crippen MR) is 114 cm³/mol. The lowest BCUT2D eigenvalue weighted by atomic mass is 9.65. The van der Waals surface area contributed by atoms with E-state index in [0.29, 0.717) is 22.5 Å². The van der Waals surface area contributed by atoms with Crippen LogP contribution in [-0.2, 0) is 30.1 Å². The smallest absolute Gasteiger partial charge is 0.314 e. The number of para-hydroxylation sites is 2. The standard InChI is InChI=1S/C22H19N3O4S/c1-3-29-17(26)16-21(12-8-4-6-10-14(12)23-18(21)27)19(30)24-22(16)13-9-5-7-11-15(13)25(2)20(22)28/h4-11,16H,3H2,1-2H3,(H,23,27)(H,24,30)/t16-,21+,22-/m0/s1. The Morgan fingerprint density at radius 1 is 1.13 bits per heavy atom. The quantitative estimate of drug-likeness (QED) is 0.569. The van der Waals surface area contributed by atoms with Gasteiger partial charge in [-0.25, -0.2) is 0 Å². The number of hydrogen-bond donors (Lipinski definition) is 2. The number of nitrogens with zero attached hydrogens (tertiary/aromatic N) is 1. The molecule has 0 saturated carbocycles. The van der Waals surface area contributed by atoms with Gasteiger partial charge in [-0.05, 0) is 24.6 Å². The second-order valence-corrected chi connectivity index (χ2v) is 8.04. The van der Waals surface area contributed by atoms with Crippen molar-refractivity contribution in [3.8, 4) is 0 Å². The summed E-state index contributed by atoms with van der Waals surface area (Å²) < 4.78 is 5.42. The number of likely N-dealkylation sites (N-methyl/N-ethyl adjacent to an activating group) is 1. The van der Waals surface area contributed by atoms with Gasteiger partial charge in [0, 0.05) is 24.0 Å². The van der Waals surface area contributed by atoms with E-state index in [9.17, 15) is 14.4 Å². The fourth-order valence-electron chi connectivity index (χ4n) is 5.16. The number of hydrogen-bond acceptors (Lipinski definition) is 5. The minimum Gasteiger partial charge on any atom is -0.466 e. The van der Waals surface area contributed by atoms with Crippen molar-refractivity contribution in [1.82, 2.24) is 5.32 Å². The summed E-state index contributed by atoms with van der Waals surface area (Å²) in [7, 11) is 1.65. The van der Waals surface area contributed by atoms with E-state index in [2.05, 4.69) is 10.6 Å². The second kappa shape index (κ2) is 6.12. The molecule has 0 aliphatic carbocycles. The van der Waals surface area contributed by atoms with Gasteiger partial charge in [0.25, 0.3) is 5.91 Å². The molecule has 2 spiro atoms. The van der Waals surface area contributed by atoms with E-state index in [1.54, 1.807) is 50.4 Å². The minimum absolute atomic E-state index is 0.114. The van der Waals surface area contributed by atoms with Gasteiger partial charge in [-0.2, -0.15) is 0 Å². The molecule has 3 aliphatic heterocycles. The third kappa shape index (κ3) is 1.94. The molecule has 2 aromatic rings. The van der Waals surface area contributed by atoms with Gasteiger partial charge in [0.15, 0.2) is 5.54 Å². The number of benzene rings is 2. The van der Waals surface area contributed by atoms with Crippen molar-refractivity contribution in [1.29, 1.82) is 0 Å². The molecule has 0 bridgehead atoms. The van der Waals surface area contributed by atoms with Gasteiger partial charge in [-0.15, -0.1) is 0 Å². The highest BCUT2D eigenvalue weighted by Gasteiger charge is 2.75. The highest BCUT2D eigenvalue weighted by Crippen LogP contribution is 2.58. The third-order valence-electron chi connectivity index (χ3n) is 6.35. The Morgan fingerprint density at radius 3 is 2.53 bits per heavy atom. The first-order chi connectivity index (χ1) is 14.4. The Kier molecular flexibility index (Phi) is 3.82. The molecule has 0 unspecified atom stereocenters. The molecule has 2 amide bonds. The molecular weight excluding hydrogens is 402 g/mol. The van der Waals surface area contributed by atoms with Gasteiger partial charge >= 0.3 is 5.97 Å². The fraction of sp³-hybridized carbons (Fsp3) is 0.273. The molecule has 3 aliphatic rings. The van der Waals surface area contributed by atoms with Crippen LogP contribution in [0.4, 0.5) is 11.4 Å². The molecule has 5 rings (SSSR count). The van der Waals surface area contributed by atoms with Crippen LogP contribution in [0.2, 0.25) is 0 Å². The Hall–Kier alpha value is -3.26. The summed E-state index contributed by atoms with van der Waals surface area (Å²) in [6.07, 6.45) is 0. The number of nitrogens with one attached hydrogen (secondary N) is 2. The van der Waals surface area contributed by atoms with Crippen LogP contribution in [-0.4, -0.2) is 36.4 Å². The Balaban J connectivity index is 1.85. The maximum absolute atomic E-state index is 13.7. The monoisotopic (exact) mass is 421 g/mol. The number of fused-ring (bicyclic) bond motifs is 4. The zero-order chi connectivity index (χ0) is 21.3. The molecule has 7 nitrogen and oxygen atoms in total. The van der Waals surface area contributed by atoms with Crippen LogP contribution in [0.15, 0.2) is 48.5 Å². The number of esters is 1. The third-order valence-corrected chi connectivity index (χ3v) is 6.77. The maximum Gasteiger partial charge on any atom is 0.314 e. The molecule has 1 fully saturated rings. The van der Waals surface area contributed by atoms with E-state index in [4.69, 9.17) is 17.0 Å². The first kappa shape index (κ1) is 18.7. The van der Waals surface area contributed by atoms with Gasteiger partial charge in [-0.3, -0.25) is 14.4 Å². The highest BCUT2D eigenvalue weighted by atomic mass is 32.1. The minimum atomic E-state index is -1.54. The zero-order valence-corrected chi connectivity index (χ0v) is 17.2. The number of thiocarbonyl (C=S) groups is 1. The number of rotatable bonds is 2. The number of carbonyl (C=O) groups is 3. The van der Waals surface area contributed by atoms with Crippen LogP contribution < -0.4 is 15.5 Å². The number of ether oxygens (including phenoxy) is 1. The van der Waals surface area contributed by atoms with Gasteiger partial charge in [0.2, 0.25) is 5.91 Å². The first-order valence-electron chi connectivity index (χ1n) is 9.68. The van der Waals surface area contributed by atoms with Crippen molar-refractivity contribution in [3.63, 3.8) is 0 Å².